The quantitative estimate of drug-likeness (QED) is 0.892. The highest BCUT2D eigenvalue weighted by atomic mass is 35.5. The molecule has 1 aromatic heterocycles. The van der Waals surface area contributed by atoms with Gasteiger partial charge in [0.05, 0.1) is 4.90 Å². The number of aromatic amines is 1. The van der Waals surface area contributed by atoms with E-state index in [9.17, 15) is 13.2 Å². The van der Waals surface area contributed by atoms with E-state index in [-0.39, 0.29) is 16.0 Å². The van der Waals surface area contributed by atoms with Gasteiger partial charge in [-0.3, -0.25) is 4.79 Å². The van der Waals surface area contributed by atoms with E-state index in [0.717, 1.165) is 19.3 Å². The van der Waals surface area contributed by atoms with Gasteiger partial charge in [-0.15, -0.1) is 0 Å². The molecule has 7 heteroatoms. The van der Waals surface area contributed by atoms with E-state index in [1.807, 2.05) is 0 Å². The average molecular weight is 319 g/mol. The van der Waals surface area contributed by atoms with Crippen LogP contribution in [0.25, 0.3) is 0 Å². The Morgan fingerprint density at radius 2 is 2.15 bits per heavy atom. The van der Waals surface area contributed by atoms with E-state index in [4.69, 9.17) is 11.6 Å². The normalized spacial score (nSPS) is 26.9. The van der Waals surface area contributed by atoms with E-state index in [2.05, 4.69) is 23.6 Å². The maximum atomic E-state index is 12.3. The van der Waals surface area contributed by atoms with Gasteiger partial charge in [0.2, 0.25) is 10.0 Å². The number of rotatable bonds is 4. The van der Waals surface area contributed by atoms with Crippen molar-refractivity contribution in [3.8, 4) is 0 Å². The third-order valence-corrected chi connectivity index (χ3v) is 5.95. The van der Waals surface area contributed by atoms with Crippen molar-refractivity contribution in [2.24, 2.45) is 11.8 Å². The first-order chi connectivity index (χ1) is 9.35. The van der Waals surface area contributed by atoms with Crippen LogP contribution in [0.15, 0.2) is 22.0 Å². The fourth-order valence-corrected chi connectivity index (χ4v) is 4.44. The van der Waals surface area contributed by atoms with Gasteiger partial charge in [0.15, 0.2) is 0 Å². The van der Waals surface area contributed by atoms with E-state index >= 15 is 0 Å². The number of nitrogens with one attached hydrogen (secondary N) is 2. The second-order valence-electron chi connectivity index (χ2n) is 5.35. The molecule has 5 nitrogen and oxygen atoms in total. The number of halogens is 1. The number of pyridine rings is 1. The summed E-state index contributed by atoms with van der Waals surface area (Å²) in [7, 11) is -3.65. The average Bonchev–Trinajstić information content (AvgIpc) is 2.73. The van der Waals surface area contributed by atoms with E-state index in [1.165, 1.54) is 12.3 Å². The molecule has 0 aliphatic heterocycles. The Labute approximate surface area is 123 Å². The fourth-order valence-electron chi connectivity index (χ4n) is 2.85. The smallest absolute Gasteiger partial charge is 0.266 e. The topological polar surface area (TPSA) is 79.0 Å². The number of aromatic nitrogens is 1. The summed E-state index contributed by atoms with van der Waals surface area (Å²) in [6.07, 6.45) is 4.12. The van der Waals surface area contributed by atoms with Gasteiger partial charge in [-0.1, -0.05) is 31.9 Å². The van der Waals surface area contributed by atoms with Crippen LogP contribution < -0.4 is 10.3 Å². The summed E-state index contributed by atoms with van der Waals surface area (Å²) in [5.74, 6) is 0.870. The summed E-state index contributed by atoms with van der Waals surface area (Å²) < 4.78 is 27.3. The lowest BCUT2D eigenvalue weighted by atomic mass is 9.94. The molecular formula is C13H19ClN2O3S. The predicted molar refractivity (Wildman–Crippen MR) is 78.4 cm³/mol. The Morgan fingerprint density at radius 1 is 1.45 bits per heavy atom. The lowest BCUT2D eigenvalue weighted by Crippen LogP contribution is -2.37. The summed E-state index contributed by atoms with van der Waals surface area (Å²) in [5.41, 5.74) is -0.495. The summed E-state index contributed by atoms with van der Waals surface area (Å²) in [5, 5.41) is -0.126. The molecule has 2 rings (SSSR count). The van der Waals surface area contributed by atoms with Crippen LogP contribution in [0.4, 0.5) is 0 Å². The van der Waals surface area contributed by atoms with Crippen molar-refractivity contribution in [1.29, 1.82) is 0 Å². The lowest BCUT2D eigenvalue weighted by Gasteiger charge is -2.20. The van der Waals surface area contributed by atoms with E-state index in [1.54, 1.807) is 0 Å². The third-order valence-electron chi connectivity index (χ3n) is 4.20. The first kappa shape index (κ1) is 15.5. The van der Waals surface area contributed by atoms with Crippen LogP contribution in [-0.4, -0.2) is 19.4 Å². The summed E-state index contributed by atoms with van der Waals surface area (Å²) >= 11 is 5.67. The Hall–Kier alpha value is -0.850. The Morgan fingerprint density at radius 3 is 2.70 bits per heavy atom. The minimum atomic E-state index is -3.65. The summed E-state index contributed by atoms with van der Waals surface area (Å²) in [4.78, 5) is 13.5. The van der Waals surface area contributed by atoms with Crippen molar-refractivity contribution in [2.45, 2.75) is 44.0 Å². The molecule has 0 amide bonds. The second-order valence-corrected chi connectivity index (χ2v) is 7.47. The van der Waals surface area contributed by atoms with Crippen LogP contribution >= 0.6 is 11.6 Å². The third kappa shape index (κ3) is 3.07. The number of H-pyrrole nitrogens is 1. The molecule has 112 valence electrons. The molecule has 1 aliphatic carbocycles. The van der Waals surface area contributed by atoms with Crippen molar-refractivity contribution >= 4 is 21.6 Å². The van der Waals surface area contributed by atoms with Gasteiger partial charge in [0.25, 0.3) is 5.56 Å². The zero-order valence-electron chi connectivity index (χ0n) is 11.5. The van der Waals surface area contributed by atoms with Gasteiger partial charge < -0.3 is 4.98 Å². The molecular weight excluding hydrogens is 300 g/mol. The van der Waals surface area contributed by atoms with Crippen LogP contribution in [0.5, 0.6) is 0 Å². The zero-order valence-corrected chi connectivity index (χ0v) is 13.1. The van der Waals surface area contributed by atoms with Crippen molar-refractivity contribution in [1.82, 2.24) is 9.71 Å². The Bertz CT molecular complexity index is 641. The molecule has 0 spiro atoms. The highest BCUT2D eigenvalue weighted by molar-refractivity contribution is 7.89. The van der Waals surface area contributed by atoms with Crippen LogP contribution in [-0.2, 0) is 10.0 Å². The molecule has 0 aromatic carbocycles. The molecule has 3 unspecified atom stereocenters. The number of sulfonamides is 1. The van der Waals surface area contributed by atoms with Gasteiger partial charge in [-0.05, 0) is 30.7 Å². The van der Waals surface area contributed by atoms with Gasteiger partial charge in [-0.2, -0.15) is 0 Å². The Kier molecular flexibility index (Phi) is 4.56. The van der Waals surface area contributed by atoms with Crippen molar-refractivity contribution < 1.29 is 8.42 Å². The molecule has 0 radical (unpaired) electrons. The largest absolute Gasteiger partial charge is 0.326 e. The highest BCUT2D eigenvalue weighted by Crippen LogP contribution is 2.34. The fraction of sp³-hybridized carbons (Fsp3) is 0.615. The monoisotopic (exact) mass is 318 g/mol. The minimum Gasteiger partial charge on any atom is -0.326 e. The number of hydrogen-bond acceptors (Lipinski definition) is 3. The SMILES string of the molecule is CCC1CCC(NS(=O)(=O)c2c[nH]c(=O)c(Cl)c2)C1C. The highest BCUT2D eigenvalue weighted by Gasteiger charge is 2.34. The van der Waals surface area contributed by atoms with Crippen LogP contribution in [0.3, 0.4) is 0 Å². The van der Waals surface area contributed by atoms with Gasteiger partial charge in [0.1, 0.15) is 5.02 Å². The first-order valence-electron chi connectivity index (χ1n) is 6.75. The molecule has 3 atom stereocenters. The van der Waals surface area contributed by atoms with Crippen LogP contribution in [0.1, 0.15) is 33.1 Å². The molecule has 1 heterocycles. The van der Waals surface area contributed by atoms with Gasteiger partial charge in [-0.25, -0.2) is 13.1 Å². The van der Waals surface area contributed by atoms with Crippen molar-refractivity contribution in [3.63, 3.8) is 0 Å². The molecule has 2 N–H and O–H groups in total. The standard InChI is InChI=1S/C13H19ClN2O3S/c1-3-9-4-5-12(8(9)2)16-20(18,19)10-6-11(14)13(17)15-7-10/h6-9,12,16H,3-5H2,1-2H3,(H,15,17). The predicted octanol–water partition coefficient (Wildman–Crippen LogP) is 2.13. The lowest BCUT2D eigenvalue weighted by molar-refractivity contribution is 0.368. The van der Waals surface area contributed by atoms with E-state index in [0.29, 0.717) is 11.8 Å². The maximum Gasteiger partial charge on any atom is 0.266 e. The van der Waals surface area contributed by atoms with Crippen LogP contribution in [0.2, 0.25) is 5.02 Å². The molecule has 1 saturated carbocycles. The van der Waals surface area contributed by atoms with Gasteiger partial charge >= 0.3 is 0 Å². The van der Waals surface area contributed by atoms with Crippen molar-refractivity contribution in [3.05, 3.63) is 27.6 Å². The van der Waals surface area contributed by atoms with E-state index < -0.39 is 15.6 Å². The molecule has 0 bridgehead atoms. The summed E-state index contributed by atoms with van der Waals surface area (Å²) in [6.45, 7) is 4.20. The summed E-state index contributed by atoms with van der Waals surface area (Å²) in [6, 6.07) is 1.12. The Balaban J connectivity index is 2.19. The molecule has 1 aliphatic rings. The minimum absolute atomic E-state index is 0.00533. The second kappa shape index (κ2) is 5.87. The maximum absolute atomic E-state index is 12.3. The first-order valence-corrected chi connectivity index (χ1v) is 8.62. The van der Waals surface area contributed by atoms with Crippen LogP contribution in [0, 0.1) is 11.8 Å². The zero-order chi connectivity index (χ0) is 14.9. The molecule has 0 saturated heterocycles. The molecule has 1 aromatic rings. The van der Waals surface area contributed by atoms with Gasteiger partial charge in [0, 0.05) is 12.2 Å². The van der Waals surface area contributed by atoms with Crippen molar-refractivity contribution in [2.75, 3.05) is 0 Å². The molecule has 20 heavy (non-hydrogen) atoms. The molecule has 1 fully saturated rings. The number of hydrogen-bond donors (Lipinski definition) is 2.